The van der Waals surface area contributed by atoms with Crippen molar-refractivity contribution in [2.24, 2.45) is 5.92 Å². The van der Waals surface area contributed by atoms with Crippen LogP contribution in [0.2, 0.25) is 0 Å². The summed E-state index contributed by atoms with van der Waals surface area (Å²) in [7, 11) is 0. The second-order valence-electron chi connectivity index (χ2n) is 5.06. The highest BCUT2D eigenvalue weighted by molar-refractivity contribution is 6.04. The molecule has 0 radical (unpaired) electrons. The van der Waals surface area contributed by atoms with Crippen molar-refractivity contribution in [3.05, 3.63) is 36.4 Å². The van der Waals surface area contributed by atoms with Crippen molar-refractivity contribution in [2.75, 3.05) is 5.32 Å². The van der Waals surface area contributed by atoms with E-state index in [2.05, 4.69) is 12.2 Å². The number of aromatic hydroxyl groups is 1. The van der Waals surface area contributed by atoms with E-state index < -0.39 is 0 Å². The molecule has 2 N–H and O–H groups in total. The van der Waals surface area contributed by atoms with Gasteiger partial charge in [-0.25, -0.2) is 0 Å². The molecule has 1 atom stereocenters. The van der Waals surface area contributed by atoms with Crippen LogP contribution in [0.4, 0.5) is 5.69 Å². The number of phenols is 1. The van der Waals surface area contributed by atoms with Gasteiger partial charge < -0.3 is 10.4 Å². The summed E-state index contributed by atoms with van der Waals surface area (Å²) in [6, 6.07) is 10.9. The molecule has 106 valence electrons. The minimum Gasteiger partial charge on any atom is -0.507 e. The van der Waals surface area contributed by atoms with Gasteiger partial charge in [0.2, 0.25) is 5.91 Å². The average molecular weight is 271 g/mol. The number of carbonyl (C=O) groups is 1. The summed E-state index contributed by atoms with van der Waals surface area (Å²) in [6.45, 7) is 4.13. The van der Waals surface area contributed by atoms with Crippen LogP contribution in [0, 0.1) is 5.92 Å². The van der Waals surface area contributed by atoms with Crippen LogP contribution in [-0.2, 0) is 4.79 Å². The van der Waals surface area contributed by atoms with Gasteiger partial charge in [0.1, 0.15) is 5.75 Å². The first-order chi connectivity index (χ1) is 9.67. The number of nitrogens with one attached hydrogen (secondary N) is 1. The zero-order valence-corrected chi connectivity index (χ0v) is 12.0. The highest BCUT2D eigenvalue weighted by Crippen LogP contribution is 2.30. The zero-order valence-electron chi connectivity index (χ0n) is 12.0. The average Bonchev–Trinajstić information content (AvgIpc) is 2.45. The summed E-state index contributed by atoms with van der Waals surface area (Å²) in [6.07, 6.45) is 2.75. The molecule has 0 bridgehead atoms. The number of hydrogen-bond acceptors (Lipinski definition) is 2. The minimum absolute atomic E-state index is 0.0487. The molecular weight excluding hydrogens is 250 g/mol. The Hall–Kier alpha value is -2.03. The lowest BCUT2D eigenvalue weighted by Crippen LogP contribution is -2.22. The summed E-state index contributed by atoms with van der Waals surface area (Å²) in [5.74, 6) is 0.344. The lowest BCUT2D eigenvalue weighted by molar-refractivity contribution is -0.120. The van der Waals surface area contributed by atoms with Crippen LogP contribution in [0.3, 0.4) is 0 Å². The van der Waals surface area contributed by atoms with Gasteiger partial charge in [0.15, 0.2) is 0 Å². The standard InChI is InChI=1S/C17H21NO2/c1-3-7-12(4-2)17(20)18-15-10-5-9-14-13(15)8-6-11-16(14)19/h5-6,8-12,19H,3-4,7H2,1-2H3,(H,18,20). The van der Waals surface area contributed by atoms with Crippen LogP contribution < -0.4 is 5.32 Å². The Bertz CT molecular complexity index is 607. The summed E-state index contributed by atoms with van der Waals surface area (Å²) in [5, 5.41) is 14.5. The van der Waals surface area contributed by atoms with Crippen molar-refractivity contribution in [1.29, 1.82) is 0 Å². The number of fused-ring (bicyclic) bond motifs is 1. The van der Waals surface area contributed by atoms with E-state index in [4.69, 9.17) is 0 Å². The van der Waals surface area contributed by atoms with Gasteiger partial charge in [-0.05, 0) is 25.0 Å². The number of hydrogen-bond donors (Lipinski definition) is 2. The zero-order chi connectivity index (χ0) is 14.5. The maximum absolute atomic E-state index is 12.3. The topological polar surface area (TPSA) is 49.3 Å². The number of benzene rings is 2. The highest BCUT2D eigenvalue weighted by atomic mass is 16.3. The maximum atomic E-state index is 12.3. The van der Waals surface area contributed by atoms with Crippen LogP contribution in [0.15, 0.2) is 36.4 Å². The van der Waals surface area contributed by atoms with E-state index in [0.29, 0.717) is 0 Å². The Kier molecular flexibility index (Phi) is 4.61. The fraction of sp³-hybridized carbons (Fsp3) is 0.353. The largest absolute Gasteiger partial charge is 0.507 e. The van der Waals surface area contributed by atoms with Gasteiger partial charge >= 0.3 is 0 Å². The van der Waals surface area contributed by atoms with Crippen LogP contribution in [0.5, 0.6) is 5.75 Å². The summed E-state index contributed by atoms with van der Waals surface area (Å²) >= 11 is 0. The molecule has 2 rings (SSSR count). The van der Waals surface area contributed by atoms with Crippen molar-refractivity contribution < 1.29 is 9.90 Å². The lowest BCUT2D eigenvalue weighted by Gasteiger charge is -2.15. The fourth-order valence-corrected chi connectivity index (χ4v) is 2.51. The molecule has 0 aliphatic heterocycles. The molecule has 2 aromatic carbocycles. The first-order valence-corrected chi connectivity index (χ1v) is 7.19. The molecule has 2 aromatic rings. The number of anilines is 1. The predicted molar refractivity (Wildman–Crippen MR) is 82.9 cm³/mol. The van der Waals surface area contributed by atoms with E-state index in [0.717, 1.165) is 35.7 Å². The Morgan fingerprint density at radius 1 is 1.15 bits per heavy atom. The molecule has 0 aromatic heterocycles. The van der Waals surface area contributed by atoms with Crippen molar-refractivity contribution in [2.45, 2.75) is 33.1 Å². The maximum Gasteiger partial charge on any atom is 0.227 e. The first kappa shape index (κ1) is 14.4. The van der Waals surface area contributed by atoms with Gasteiger partial charge in [0.25, 0.3) is 0 Å². The lowest BCUT2D eigenvalue weighted by atomic mass is 9.99. The summed E-state index contributed by atoms with van der Waals surface area (Å²) < 4.78 is 0. The predicted octanol–water partition coefficient (Wildman–Crippen LogP) is 4.31. The van der Waals surface area contributed by atoms with E-state index >= 15 is 0 Å². The molecule has 0 spiro atoms. The second-order valence-corrected chi connectivity index (χ2v) is 5.06. The van der Waals surface area contributed by atoms with E-state index in [9.17, 15) is 9.90 Å². The second kappa shape index (κ2) is 6.42. The molecule has 0 heterocycles. The van der Waals surface area contributed by atoms with Gasteiger partial charge in [0.05, 0.1) is 0 Å². The van der Waals surface area contributed by atoms with Crippen LogP contribution in [0.25, 0.3) is 10.8 Å². The highest BCUT2D eigenvalue weighted by Gasteiger charge is 2.16. The number of carbonyl (C=O) groups excluding carboxylic acids is 1. The minimum atomic E-state index is 0.0487. The molecule has 3 heteroatoms. The third-order valence-electron chi connectivity index (χ3n) is 3.66. The quantitative estimate of drug-likeness (QED) is 0.851. The Labute approximate surface area is 119 Å². The SMILES string of the molecule is CCCC(CC)C(=O)Nc1cccc2c(O)cccc12. The fourth-order valence-electron chi connectivity index (χ4n) is 2.51. The van der Waals surface area contributed by atoms with Crippen LogP contribution in [0.1, 0.15) is 33.1 Å². The molecule has 20 heavy (non-hydrogen) atoms. The van der Waals surface area contributed by atoms with E-state index in [1.54, 1.807) is 12.1 Å². The molecule has 0 aliphatic carbocycles. The van der Waals surface area contributed by atoms with Crippen molar-refractivity contribution >= 4 is 22.4 Å². The molecule has 0 saturated heterocycles. The molecule has 1 amide bonds. The summed E-state index contributed by atoms with van der Waals surface area (Å²) in [5.41, 5.74) is 0.762. The summed E-state index contributed by atoms with van der Waals surface area (Å²) in [4.78, 5) is 12.3. The molecule has 1 unspecified atom stereocenters. The van der Waals surface area contributed by atoms with Gasteiger partial charge in [0, 0.05) is 22.4 Å². The van der Waals surface area contributed by atoms with Gasteiger partial charge in [-0.2, -0.15) is 0 Å². The van der Waals surface area contributed by atoms with Crippen molar-refractivity contribution in [3.8, 4) is 5.75 Å². The van der Waals surface area contributed by atoms with E-state index in [1.807, 2.05) is 31.2 Å². The smallest absolute Gasteiger partial charge is 0.227 e. The molecule has 0 aliphatic rings. The normalized spacial score (nSPS) is 12.3. The van der Waals surface area contributed by atoms with Gasteiger partial charge in [-0.15, -0.1) is 0 Å². The Morgan fingerprint density at radius 2 is 1.85 bits per heavy atom. The van der Waals surface area contributed by atoms with Crippen LogP contribution >= 0.6 is 0 Å². The number of rotatable bonds is 5. The van der Waals surface area contributed by atoms with Gasteiger partial charge in [-0.3, -0.25) is 4.79 Å². The Morgan fingerprint density at radius 3 is 2.55 bits per heavy atom. The van der Waals surface area contributed by atoms with E-state index in [-0.39, 0.29) is 17.6 Å². The number of amides is 1. The molecule has 0 fully saturated rings. The van der Waals surface area contributed by atoms with Gasteiger partial charge in [-0.1, -0.05) is 44.5 Å². The van der Waals surface area contributed by atoms with Crippen molar-refractivity contribution in [1.82, 2.24) is 0 Å². The van der Waals surface area contributed by atoms with Crippen molar-refractivity contribution in [3.63, 3.8) is 0 Å². The molecule has 0 saturated carbocycles. The van der Waals surface area contributed by atoms with E-state index in [1.165, 1.54) is 0 Å². The third kappa shape index (κ3) is 2.93. The molecule has 3 nitrogen and oxygen atoms in total. The Balaban J connectivity index is 2.30. The monoisotopic (exact) mass is 271 g/mol. The number of phenolic OH excluding ortho intramolecular Hbond substituents is 1. The van der Waals surface area contributed by atoms with Crippen LogP contribution in [-0.4, -0.2) is 11.0 Å². The first-order valence-electron chi connectivity index (χ1n) is 7.19. The molecular formula is C17H21NO2. The third-order valence-corrected chi connectivity index (χ3v) is 3.66.